The smallest absolute Gasteiger partial charge is 0.0473 e. The first-order valence-electron chi connectivity index (χ1n) is 6.67. The molecule has 1 heterocycles. The minimum atomic E-state index is 0.324. The first-order chi connectivity index (χ1) is 8.62. The van der Waals surface area contributed by atoms with Gasteiger partial charge in [-0.3, -0.25) is 4.90 Å². The second-order valence-corrected chi connectivity index (χ2v) is 7.08. The van der Waals surface area contributed by atoms with Crippen LogP contribution in [0.15, 0.2) is 30.3 Å². The fourth-order valence-corrected chi connectivity index (χ4v) is 2.79. The Bertz CT molecular complexity index is 364. The third-order valence-corrected chi connectivity index (χ3v) is 4.91. The Balaban J connectivity index is 2.11. The summed E-state index contributed by atoms with van der Waals surface area (Å²) in [6.07, 6.45) is 2.21. The number of hydrogen-bond acceptors (Lipinski definition) is 3. The van der Waals surface area contributed by atoms with E-state index in [0.29, 0.717) is 10.8 Å². The maximum absolute atomic E-state index is 3.52. The van der Waals surface area contributed by atoms with Crippen molar-refractivity contribution in [2.24, 2.45) is 0 Å². The van der Waals surface area contributed by atoms with Crippen molar-refractivity contribution in [2.45, 2.75) is 24.6 Å². The monoisotopic (exact) mass is 264 g/mol. The minimum Gasteiger partial charge on any atom is -0.314 e. The van der Waals surface area contributed by atoms with Gasteiger partial charge in [-0.1, -0.05) is 30.3 Å². The molecule has 3 heteroatoms. The molecule has 1 aliphatic rings. The lowest BCUT2D eigenvalue weighted by molar-refractivity contribution is 0.151. The first kappa shape index (κ1) is 13.9. The van der Waals surface area contributed by atoms with Gasteiger partial charge in [0.2, 0.25) is 0 Å². The summed E-state index contributed by atoms with van der Waals surface area (Å²) in [5.74, 6) is 0. The highest BCUT2D eigenvalue weighted by Gasteiger charge is 2.28. The first-order valence-corrected chi connectivity index (χ1v) is 7.90. The van der Waals surface area contributed by atoms with Crippen LogP contribution in [0.25, 0.3) is 0 Å². The molecule has 0 bridgehead atoms. The zero-order valence-corrected chi connectivity index (χ0v) is 12.5. The van der Waals surface area contributed by atoms with Gasteiger partial charge in [0.1, 0.15) is 0 Å². The third-order valence-electron chi connectivity index (χ3n) is 3.68. The zero-order valence-electron chi connectivity index (χ0n) is 11.6. The lowest BCUT2D eigenvalue weighted by atomic mass is 10.0. The number of nitrogens with one attached hydrogen (secondary N) is 1. The predicted octanol–water partition coefficient (Wildman–Crippen LogP) is 2.77. The fourth-order valence-electron chi connectivity index (χ4n) is 2.49. The van der Waals surface area contributed by atoms with E-state index < -0.39 is 0 Å². The van der Waals surface area contributed by atoms with Crippen LogP contribution in [0, 0.1) is 0 Å². The summed E-state index contributed by atoms with van der Waals surface area (Å²) in [7, 11) is 0. The van der Waals surface area contributed by atoms with Crippen molar-refractivity contribution in [2.75, 3.05) is 32.4 Å². The van der Waals surface area contributed by atoms with Crippen LogP contribution < -0.4 is 5.32 Å². The van der Waals surface area contributed by atoms with Crippen LogP contribution in [-0.4, -0.2) is 42.1 Å². The molecule has 1 aromatic rings. The fraction of sp³-hybridized carbons (Fsp3) is 0.600. The van der Waals surface area contributed by atoms with Gasteiger partial charge in [-0.05, 0) is 25.7 Å². The molecule has 18 heavy (non-hydrogen) atoms. The summed E-state index contributed by atoms with van der Waals surface area (Å²) in [6.45, 7) is 9.13. The van der Waals surface area contributed by atoms with Gasteiger partial charge in [-0.2, -0.15) is 11.8 Å². The molecule has 1 unspecified atom stereocenters. The van der Waals surface area contributed by atoms with Crippen LogP contribution in [0.3, 0.4) is 0 Å². The van der Waals surface area contributed by atoms with Crippen molar-refractivity contribution >= 4 is 11.8 Å². The largest absolute Gasteiger partial charge is 0.314 e. The van der Waals surface area contributed by atoms with E-state index in [-0.39, 0.29) is 0 Å². The number of thioether (sulfide) groups is 1. The number of rotatable bonds is 4. The van der Waals surface area contributed by atoms with Crippen LogP contribution >= 0.6 is 11.8 Å². The molecule has 0 saturated carbocycles. The second-order valence-electron chi connectivity index (χ2n) is 5.56. The minimum absolute atomic E-state index is 0.324. The van der Waals surface area contributed by atoms with Gasteiger partial charge in [0.05, 0.1) is 0 Å². The summed E-state index contributed by atoms with van der Waals surface area (Å²) in [5.41, 5.74) is 1.43. The molecule has 0 spiro atoms. The zero-order chi connectivity index (χ0) is 13.0. The molecular formula is C15H24N2S. The van der Waals surface area contributed by atoms with Gasteiger partial charge in [0, 0.05) is 37.0 Å². The number of piperazine rings is 1. The van der Waals surface area contributed by atoms with E-state index >= 15 is 0 Å². The van der Waals surface area contributed by atoms with Crippen LogP contribution in [-0.2, 0) is 0 Å². The van der Waals surface area contributed by atoms with E-state index in [1.54, 1.807) is 0 Å². The van der Waals surface area contributed by atoms with Crippen molar-refractivity contribution in [3.8, 4) is 0 Å². The molecular weight excluding hydrogens is 240 g/mol. The molecule has 1 aliphatic heterocycles. The Morgan fingerprint density at radius 3 is 2.72 bits per heavy atom. The Morgan fingerprint density at radius 1 is 1.33 bits per heavy atom. The Kier molecular flexibility index (Phi) is 4.71. The number of hydrogen-bond donors (Lipinski definition) is 1. The quantitative estimate of drug-likeness (QED) is 0.900. The molecule has 1 N–H and O–H groups in total. The van der Waals surface area contributed by atoms with Crippen LogP contribution in [0.1, 0.15) is 25.5 Å². The van der Waals surface area contributed by atoms with Gasteiger partial charge in [0.15, 0.2) is 0 Å². The van der Waals surface area contributed by atoms with Crippen LogP contribution in [0.2, 0.25) is 0 Å². The molecule has 100 valence electrons. The van der Waals surface area contributed by atoms with Gasteiger partial charge in [-0.25, -0.2) is 0 Å². The predicted molar refractivity (Wildman–Crippen MR) is 81.2 cm³/mol. The number of benzene rings is 1. The van der Waals surface area contributed by atoms with Crippen molar-refractivity contribution in [1.29, 1.82) is 0 Å². The van der Waals surface area contributed by atoms with Crippen LogP contribution in [0.4, 0.5) is 0 Å². The normalized spacial score (nSPS) is 22.1. The Hall–Kier alpha value is -0.510. The van der Waals surface area contributed by atoms with Crippen molar-refractivity contribution in [3.63, 3.8) is 0 Å². The molecule has 1 aromatic carbocycles. The summed E-state index contributed by atoms with van der Waals surface area (Å²) >= 11 is 1.96. The lowest BCUT2D eigenvalue weighted by Crippen LogP contribution is -2.49. The molecule has 0 aromatic heterocycles. The SMILES string of the molecule is CSC(C)(C)CN1CCNCC1c1ccccc1. The molecule has 1 atom stereocenters. The van der Waals surface area contributed by atoms with E-state index in [2.05, 4.69) is 60.7 Å². The van der Waals surface area contributed by atoms with Gasteiger partial charge < -0.3 is 5.32 Å². The Morgan fingerprint density at radius 2 is 2.06 bits per heavy atom. The topological polar surface area (TPSA) is 15.3 Å². The molecule has 0 amide bonds. The molecule has 0 aliphatic carbocycles. The second kappa shape index (κ2) is 6.09. The van der Waals surface area contributed by atoms with Crippen molar-refractivity contribution < 1.29 is 0 Å². The summed E-state index contributed by atoms with van der Waals surface area (Å²) in [5, 5.41) is 3.52. The lowest BCUT2D eigenvalue weighted by Gasteiger charge is -2.40. The van der Waals surface area contributed by atoms with Gasteiger partial charge in [0.25, 0.3) is 0 Å². The molecule has 1 fully saturated rings. The molecule has 2 nitrogen and oxygen atoms in total. The van der Waals surface area contributed by atoms with Crippen molar-refractivity contribution in [1.82, 2.24) is 10.2 Å². The highest BCUT2D eigenvalue weighted by atomic mass is 32.2. The molecule has 2 rings (SSSR count). The maximum atomic E-state index is 3.52. The van der Waals surface area contributed by atoms with E-state index in [0.717, 1.165) is 26.2 Å². The number of nitrogens with zero attached hydrogens (tertiary/aromatic N) is 1. The van der Waals surface area contributed by atoms with Gasteiger partial charge in [-0.15, -0.1) is 0 Å². The highest BCUT2D eigenvalue weighted by molar-refractivity contribution is 7.99. The van der Waals surface area contributed by atoms with E-state index in [4.69, 9.17) is 0 Å². The third kappa shape index (κ3) is 3.50. The average molecular weight is 264 g/mol. The molecule has 0 radical (unpaired) electrons. The maximum Gasteiger partial charge on any atom is 0.0473 e. The molecule has 1 saturated heterocycles. The van der Waals surface area contributed by atoms with E-state index in [9.17, 15) is 0 Å². The van der Waals surface area contributed by atoms with E-state index in [1.807, 2.05) is 11.8 Å². The summed E-state index contributed by atoms with van der Waals surface area (Å²) in [6, 6.07) is 11.4. The summed E-state index contributed by atoms with van der Waals surface area (Å²) < 4.78 is 0.324. The standard InChI is InChI=1S/C15H24N2S/c1-15(2,18-3)12-17-10-9-16-11-14(17)13-7-5-4-6-8-13/h4-8,14,16H,9-12H2,1-3H3. The average Bonchev–Trinajstić information content (AvgIpc) is 2.40. The summed E-state index contributed by atoms with van der Waals surface area (Å²) in [4.78, 5) is 2.63. The Labute approximate surface area is 115 Å². The van der Waals surface area contributed by atoms with Crippen molar-refractivity contribution in [3.05, 3.63) is 35.9 Å². The van der Waals surface area contributed by atoms with Gasteiger partial charge >= 0.3 is 0 Å². The van der Waals surface area contributed by atoms with E-state index in [1.165, 1.54) is 5.56 Å². The van der Waals surface area contributed by atoms with Crippen LogP contribution in [0.5, 0.6) is 0 Å². The highest BCUT2D eigenvalue weighted by Crippen LogP contribution is 2.28.